The number of carbonyl (C=O) groups excluding carboxylic acids is 1. The number of anilines is 1. The second-order valence-electron chi connectivity index (χ2n) is 10.8. The van der Waals surface area contributed by atoms with Gasteiger partial charge in [-0.1, -0.05) is 12.0 Å². The number of fused-ring (bicyclic) bond motifs is 1. The predicted octanol–water partition coefficient (Wildman–Crippen LogP) is 3.58. The molecule has 208 valence electrons. The van der Waals surface area contributed by atoms with Crippen molar-refractivity contribution in [1.82, 2.24) is 19.4 Å². The zero-order chi connectivity index (χ0) is 28.1. The summed E-state index contributed by atoms with van der Waals surface area (Å²) < 4.78 is 25.2. The fraction of sp³-hybridized carbons (Fsp3) is 0.467. The smallest absolute Gasteiger partial charge is 0.236 e. The van der Waals surface area contributed by atoms with Crippen LogP contribution in [0.1, 0.15) is 44.3 Å². The van der Waals surface area contributed by atoms with Gasteiger partial charge in [-0.05, 0) is 67.7 Å². The highest BCUT2D eigenvalue weighted by Gasteiger charge is 2.24. The third-order valence-electron chi connectivity index (χ3n) is 7.90. The number of amides is 1. The number of hydrogen-bond acceptors (Lipinski definition) is 7. The summed E-state index contributed by atoms with van der Waals surface area (Å²) in [6.07, 6.45) is 9.68. The molecular formula is C30H34N6O3S. The highest BCUT2D eigenvalue weighted by Crippen LogP contribution is 2.32. The molecule has 2 aromatic heterocycles. The standard InChI is InChI=1S/C30H34N6O3S/c1-40(38,39)22-24-10-8-23(9-11-24)4-2-7-28-32-16-13-29(33-28)36-17-14-25-26(5-3-6-27(25)36)34-18-20-35(21-19-34)30(37)12-15-31/h3,5-6,13-14,16-17,23-24H,4,8-12,18-22H2,1H3. The fourth-order valence-electron chi connectivity index (χ4n) is 5.85. The molecule has 2 aliphatic rings. The van der Waals surface area contributed by atoms with Crippen molar-refractivity contribution in [2.45, 2.75) is 38.5 Å². The van der Waals surface area contributed by atoms with Gasteiger partial charge < -0.3 is 14.4 Å². The average Bonchev–Trinajstić information content (AvgIpc) is 3.38. The monoisotopic (exact) mass is 558 g/mol. The van der Waals surface area contributed by atoms with Crippen LogP contribution < -0.4 is 4.90 Å². The summed E-state index contributed by atoms with van der Waals surface area (Å²) in [6.45, 7) is 2.64. The van der Waals surface area contributed by atoms with Gasteiger partial charge >= 0.3 is 0 Å². The number of piperazine rings is 1. The van der Waals surface area contributed by atoms with Gasteiger partial charge in [0.15, 0.2) is 0 Å². The summed E-state index contributed by atoms with van der Waals surface area (Å²) in [5.41, 5.74) is 2.15. The minimum absolute atomic E-state index is 0.0714. The zero-order valence-electron chi connectivity index (χ0n) is 22.8. The first-order valence-electron chi connectivity index (χ1n) is 13.8. The van der Waals surface area contributed by atoms with Crippen LogP contribution >= 0.6 is 0 Å². The third kappa shape index (κ3) is 6.63. The molecule has 3 aromatic rings. The fourth-order valence-corrected chi connectivity index (χ4v) is 7.04. The summed E-state index contributed by atoms with van der Waals surface area (Å²) in [7, 11) is -2.92. The average molecular weight is 559 g/mol. The normalized spacial score (nSPS) is 19.6. The summed E-state index contributed by atoms with van der Waals surface area (Å²) in [5, 5.41) is 9.93. The van der Waals surface area contributed by atoms with Crippen molar-refractivity contribution in [2.75, 3.05) is 43.1 Å². The van der Waals surface area contributed by atoms with Crippen LogP contribution in [0, 0.1) is 35.0 Å². The number of nitrogens with zero attached hydrogens (tertiary/aromatic N) is 6. The first kappa shape index (κ1) is 27.7. The largest absolute Gasteiger partial charge is 0.367 e. The van der Waals surface area contributed by atoms with Gasteiger partial charge in [-0.25, -0.2) is 18.4 Å². The highest BCUT2D eigenvalue weighted by atomic mass is 32.2. The van der Waals surface area contributed by atoms with Gasteiger partial charge in [0.25, 0.3) is 0 Å². The second kappa shape index (κ2) is 12.1. The summed E-state index contributed by atoms with van der Waals surface area (Å²) in [4.78, 5) is 25.2. The minimum atomic E-state index is -2.92. The minimum Gasteiger partial charge on any atom is -0.367 e. The van der Waals surface area contributed by atoms with Gasteiger partial charge in [0.1, 0.15) is 22.1 Å². The number of carbonyl (C=O) groups is 1. The topological polar surface area (TPSA) is 112 Å². The quantitative estimate of drug-likeness (QED) is 0.425. The molecule has 10 heteroatoms. The molecule has 1 amide bonds. The van der Waals surface area contributed by atoms with Crippen LogP contribution in [0.5, 0.6) is 0 Å². The van der Waals surface area contributed by atoms with E-state index in [0.29, 0.717) is 43.7 Å². The van der Waals surface area contributed by atoms with Crippen molar-refractivity contribution in [1.29, 1.82) is 5.26 Å². The highest BCUT2D eigenvalue weighted by molar-refractivity contribution is 7.90. The lowest BCUT2D eigenvalue weighted by atomic mass is 9.81. The van der Waals surface area contributed by atoms with Crippen LogP contribution in [-0.2, 0) is 14.6 Å². The van der Waals surface area contributed by atoms with E-state index in [0.717, 1.165) is 54.5 Å². The van der Waals surface area contributed by atoms with Crippen molar-refractivity contribution in [3.05, 3.63) is 48.5 Å². The van der Waals surface area contributed by atoms with Gasteiger partial charge in [-0.3, -0.25) is 4.79 Å². The van der Waals surface area contributed by atoms with Crippen LogP contribution in [0.25, 0.3) is 16.7 Å². The maximum absolute atomic E-state index is 12.1. The van der Waals surface area contributed by atoms with Crippen LogP contribution in [0.15, 0.2) is 42.7 Å². The van der Waals surface area contributed by atoms with Crippen LogP contribution in [0.4, 0.5) is 5.69 Å². The van der Waals surface area contributed by atoms with E-state index >= 15 is 0 Å². The molecule has 1 saturated heterocycles. The Hall–Kier alpha value is -3.89. The van der Waals surface area contributed by atoms with E-state index in [1.807, 2.05) is 29.0 Å². The first-order valence-corrected chi connectivity index (χ1v) is 15.9. The third-order valence-corrected chi connectivity index (χ3v) is 8.97. The van der Waals surface area contributed by atoms with E-state index in [2.05, 4.69) is 39.9 Å². The maximum Gasteiger partial charge on any atom is 0.236 e. The summed E-state index contributed by atoms with van der Waals surface area (Å²) in [5.74, 6) is 8.59. The van der Waals surface area contributed by atoms with Crippen molar-refractivity contribution in [3.8, 4) is 23.7 Å². The van der Waals surface area contributed by atoms with Gasteiger partial charge in [0.2, 0.25) is 11.7 Å². The molecule has 0 unspecified atom stereocenters. The molecular weight excluding hydrogens is 524 g/mol. The Morgan fingerprint density at radius 1 is 1.05 bits per heavy atom. The summed E-state index contributed by atoms with van der Waals surface area (Å²) >= 11 is 0. The molecule has 0 atom stereocenters. The van der Waals surface area contributed by atoms with Crippen LogP contribution in [0.3, 0.4) is 0 Å². The van der Waals surface area contributed by atoms with Gasteiger partial charge in [0.05, 0.1) is 17.3 Å². The Morgan fingerprint density at radius 3 is 2.52 bits per heavy atom. The number of hydrogen-bond donors (Lipinski definition) is 0. The van der Waals surface area contributed by atoms with Gasteiger partial charge in [0, 0.05) is 62.3 Å². The number of rotatable bonds is 6. The molecule has 40 heavy (non-hydrogen) atoms. The Bertz CT molecular complexity index is 1580. The van der Waals surface area contributed by atoms with E-state index in [-0.39, 0.29) is 18.2 Å². The number of benzene rings is 1. The molecule has 3 heterocycles. The van der Waals surface area contributed by atoms with Crippen molar-refractivity contribution in [3.63, 3.8) is 0 Å². The molecule has 1 aliphatic heterocycles. The molecule has 1 saturated carbocycles. The van der Waals surface area contributed by atoms with E-state index < -0.39 is 9.84 Å². The van der Waals surface area contributed by atoms with Crippen LogP contribution in [-0.4, -0.2) is 71.9 Å². The molecule has 0 radical (unpaired) electrons. The Labute approximate surface area is 235 Å². The molecule has 0 bridgehead atoms. The second-order valence-corrected chi connectivity index (χ2v) is 13.0. The molecule has 0 N–H and O–H groups in total. The van der Waals surface area contributed by atoms with Gasteiger partial charge in [-0.2, -0.15) is 5.26 Å². The predicted molar refractivity (Wildman–Crippen MR) is 155 cm³/mol. The Balaban J connectivity index is 1.25. The van der Waals surface area contributed by atoms with Crippen molar-refractivity contribution < 1.29 is 13.2 Å². The first-order chi connectivity index (χ1) is 19.3. The van der Waals surface area contributed by atoms with Gasteiger partial charge in [-0.15, -0.1) is 0 Å². The SMILES string of the molecule is CS(=O)(=O)CC1CCC(CC#Cc2nccc(-n3ccc4c(N5CCN(C(=O)CC#N)CC5)cccc43)n2)CC1. The molecule has 9 nitrogen and oxygen atoms in total. The Kier molecular flexibility index (Phi) is 8.37. The molecule has 0 spiro atoms. The summed E-state index contributed by atoms with van der Waals surface area (Å²) in [6, 6.07) is 12.1. The van der Waals surface area contributed by atoms with Crippen LogP contribution in [0.2, 0.25) is 0 Å². The maximum atomic E-state index is 12.1. The zero-order valence-corrected chi connectivity index (χ0v) is 23.6. The number of aromatic nitrogens is 3. The van der Waals surface area contributed by atoms with E-state index in [1.54, 1.807) is 11.1 Å². The lowest BCUT2D eigenvalue weighted by Gasteiger charge is -2.36. The molecule has 5 rings (SSSR count). The number of sulfone groups is 1. The molecule has 1 aliphatic carbocycles. The lowest BCUT2D eigenvalue weighted by molar-refractivity contribution is -0.130. The van der Waals surface area contributed by atoms with E-state index in [9.17, 15) is 13.2 Å². The number of nitriles is 1. The Morgan fingerprint density at radius 2 is 1.80 bits per heavy atom. The van der Waals surface area contributed by atoms with Crippen molar-refractivity contribution in [2.24, 2.45) is 11.8 Å². The van der Waals surface area contributed by atoms with Crippen molar-refractivity contribution >= 4 is 32.3 Å². The van der Waals surface area contributed by atoms with E-state index in [4.69, 9.17) is 10.2 Å². The molecule has 1 aromatic carbocycles. The molecule has 2 fully saturated rings. The van der Waals surface area contributed by atoms with E-state index in [1.165, 1.54) is 6.26 Å². The lowest BCUT2D eigenvalue weighted by Crippen LogP contribution is -2.48.